The van der Waals surface area contributed by atoms with Crippen molar-refractivity contribution in [2.75, 3.05) is 6.26 Å². The molecule has 196 valence electrons. The topological polar surface area (TPSA) is 111 Å². The van der Waals surface area contributed by atoms with Crippen LogP contribution in [0.1, 0.15) is 5.56 Å². The van der Waals surface area contributed by atoms with Crippen molar-refractivity contribution in [2.24, 2.45) is 0 Å². The molecule has 0 radical (unpaired) electrons. The Bertz CT molecular complexity index is 1930. The molecule has 0 unspecified atom stereocenters. The van der Waals surface area contributed by atoms with E-state index in [1.165, 1.54) is 24.3 Å². The normalized spacial score (nSPS) is 12.2. The summed E-state index contributed by atoms with van der Waals surface area (Å²) in [6, 6.07) is 11.1. The predicted molar refractivity (Wildman–Crippen MR) is 133 cm³/mol. The van der Waals surface area contributed by atoms with Gasteiger partial charge in [0.1, 0.15) is 10.6 Å². The van der Waals surface area contributed by atoms with E-state index in [9.17, 15) is 25.6 Å². The summed E-state index contributed by atoms with van der Waals surface area (Å²) in [5.41, 5.74) is 0.575. The van der Waals surface area contributed by atoms with Crippen LogP contribution in [0.5, 0.6) is 11.5 Å². The van der Waals surface area contributed by atoms with E-state index in [1.807, 2.05) is 0 Å². The zero-order valence-corrected chi connectivity index (χ0v) is 21.4. The van der Waals surface area contributed by atoms with E-state index in [1.54, 1.807) is 19.1 Å². The van der Waals surface area contributed by atoms with Crippen LogP contribution in [0, 0.1) is 24.4 Å². The Balaban J connectivity index is 1.69. The van der Waals surface area contributed by atoms with Gasteiger partial charge in [-0.3, -0.25) is 5.10 Å². The van der Waals surface area contributed by atoms with Crippen molar-refractivity contribution in [1.29, 1.82) is 0 Å². The smallest absolute Gasteiger partial charge is 0.268 e. The van der Waals surface area contributed by atoms with E-state index < -0.39 is 53.7 Å². The Labute approximate surface area is 215 Å². The molecule has 0 aliphatic carbocycles. The highest BCUT2D eigenvalue weighted by Gasteiger charge is 2.29. The molecule has 0 aliphatic heterocycles. The van der Waals surface area contributed by atoms with Crippen LogP contribution in [0.4, 0.5) is 13.2 Å². The standard InChI is InChI=1S/C25H18F3N3O5S2/c1-14-3-6-16(7-4-14)38(34,35)31-10-9-17-21(31)12-19(27)24(25(17)37(2,32)33)36-22-11-15(5-8-18(22)26)23-20(28)13-29-30-23/h3-13H,1-2H3,(H,29,30). The zero-order valence-electron chi connectivity index (χ0n) is 19.7. The zero-order chi connectivity index (χ0) is 27.4. The molecule has 0 fully saturated rings. The number of fused-ring (bicyclic) bond motifs is 1. The fourth-order valence-corrected chi connectivity index (χ4v) is 6.38. The van der Waals surface area contributed by atoms with Crippen LogP contribution < -0.4 is 4.74 Å². The third kappa shape index (κ3) is 4.33. The number of benzene rings is 3. The number of nitrogens with one attached hydrogen (secondary N) is 1. The number of aromatic nitrogens is 3. The average molecular weight is 562 g/mol. The number of aryl methyl sites for hydroxylation is 1. The first-order valence-corrected chi connectivity index (χ1v) is 14.2. The van der Waals surface area contributed by atoms with Crippen LogP contribution in [0.25, 0.3) is 22.2 Å². The van der Waals surface area contributed by atoms with Gasteiger partial charge in [-0.05, 0) is 43.3 Å². The monoisotopic (exact) mass is 561 g/mol. The minimum absolute atomic E-state index is 0.0903. The second kappa shape index (κ2) is 9.03. The number of nitrogens with zero attached hydrogens (tertiary/aromatic N) is 2. The number of sulfone groups is 1. The number of hydrogen-bond donors (Lipinski definition) is 1. The highest BCUT2D eigenvalue weighted by Crippen LogP contribution is 2.40. The van der Waals surface area contributed by atoms with Gasteiger partial charge in [0.05, 0.1) is 16.6 Å². The quantitative estimate of drug-likeness (QED) is 0.306. The molecule has 1 N–H and O–H groups in total. The predicted octanol–water partition coefficient (Wildman–Crippen LogP) is 5.19. The molecule has 0 spiro atoms. The fourth-order valence-electron chi connectivity index (χ4n) is 3.99. The Kier molecular flexibility index (Phi) is 6.07. The van der Waals surface area contributed by atoms with Crippen LogP contribution in [0.3, 0.4) is 0 Å². The summed E-state index contributed by atoms with van der Waals surface area (Å²) in [4.78, 5) is -0.768. The van der Waals surface area contributed by atoms with Crippen molar-refractivity contribution in [2.45, 2.75) is 16.7 Å². The summed E-state index contributed by atoms with van der Waals surface area (Å²) in [6.07, 6.45) is 2.79. The average Bonchev–Trinajstić information content (AvgIpc) is 3.46. The maximum atomic E-state index is 15.5. The Morgan fingerprint density at radius 2 is 1.61 bits per heavy atom. The molecule has 0 saturated heterocycles. The lowest BCUT2D eigenvalue weighted by Gasteiger charge is -2.15. The number of ether oxygens (including phenoxy) is 1. The second-order valence-corrected chi connectivity index (χ2v) is 12.3. The number of aromatic amines is 1. The van der Waals surface area contributed by atoms with E-state index in [0.717, 1.165) is 46.4 Å². The lowest BCUT2D eigenvalue weighted by Crippen LogP contribution is -2.12. The second-order valence-electron chi connectivity index (χ2n) is 8.49. The highest BCUT2D eigenvalue weighted by atomic mass is 32.2. The molecule has 5 rings (SSSR count). The summed E-state index contributed by atoms with van der Waals surface area (Å²) in [7, 11) is -8.47. The van der Waals surface area contributed by atoms with Gasteiger partial charge in [0.25, 0.3) is 10.0 Å². The molecule has 0 atom stereocenters. The molecular weight excluding hydrogens is 543 g/mol. The Morgan fingerprint density at radius 1 is 0.895 bits per heavy atom. The first-order chi connectivity index (χ1) is 17.9. The molecule has 0 bridgehead atoms. The molecule has 38 heavy (non-hydrogen) atoms. The van der Waals surface area contributed by atoms with E-state index in [-0.39, 0.29) is 27.1 Å². The third-order valence-electron chi connectivity index (χ3n) is 5.79. The number of hydrogen-bond acceptors (Lipinski definition) is 6. The van der Waals surface area contributed by atoms with Crippen molar-refractivity contribution < 1.29 is 34.7 Å². The minimum atomic E-state index is -4.25. The van der Waals surface area contributed by atoms with Crippen molar-refractivity contribution in [1.82, 2.24) is 14.2 Å². The van der Waals surface area contributed by atoms with Gasteiger partial charge in [-0.15, -0.1) is 0 Å². The maximum absolute atomic E-state index is 15.5. The number of halogens is 3. The van der Waals surface area contributed by atoms with Gasteiger partial charge in [0.2, 0.25) is 0 Å². The molecule has 0 amide bonds. The summed E-state index contributed by atoms with van der Waals surface area (Å²) < 4.78 is 102. The van der Waals surface area contributed by atoms with Gasteiger partial charge in [0, 0.05) is 29.5 Å². The van der Waals surface area contributed by atoms with Gasteiger partial charge in [-0.1, -0.05) is 17.7 Å². The Morgan fingerprint density at radius 3 is 2.24 bits per heavy atom. The molecule has 13 heteroatoms. The molecule has 5 aromatic rings. The van der Waals surface area contributed by atoms with E-state index in [2.05, 4.69) is 10.2 Å². The molecule has 2 heterocycles. The van der Waals surface area contributed by atoms with E-state index >= 15 is 4.39 Å². The van der Waals surface area contributed by atoms with Crippen molar-refractivity contribution >= 4 is 30.8 Å². The SMILES string of the molecule is Cc1ccc(S(=O)(=O)n2ccc3c(S(C)(=O)=O)c(Oc4cc(-c5[nH]ncc5F)ccc4F)c(F)cc32)cc1. The summed E-state index contributed by atoms with van der Waals surface area (Å²) >= 11 is 0. The number of rotatable bonds is 6. The third-order valence-corrected chi connectivity index (χ3v) is 8.65. The Hall–Kier alpha value is -4.10. The van der Waals surface area contributed by atoms with Crippen LogP contribution in [0.2, 0.25) is 0 Å². The maximum Gasteiger partial charge on any atom is 0.268 e. The first-order valence-electron chi connectivity index (χ1n) is 10.9. The van der Waals surface area contributed by atoms with Gasteiger partial charge < -0.3 is 4.74 Å². The highest BCUT2D eigenvalue weighted by molar-refractivity contribution is 7.91. The molecule has 3 aromatic carbocycles. The first kappa shape index (κ1) is 25.5. The molecule has 2 aromatic heterocycles. The van der Waals surface area contributed by atoms with E-state index in [4.69, 9.17) is 4.74 Å². The van der Waals surface area contributed by atoms with Crippen molar-refractivity contribution in [3.05, 3.63) is 90.0 Å². The molecule has 0 aliphatic rings. The van der Waals surface area contributed by atoms with Crippen molar-refractivity contribution in [3.63, 3.8) is 0 Å². The van der Waals surface area contributed by atoms with Crippen LogP contribution >= 0.6 is 0 Å². The van der Waals surface area contributed by atoms with Crippen LogP contribution in [0.15, 0.2) is 76.8 Å². The van der Waals surface area contributed by atoms with Crippen molar-refractivity contribution in [3.8, 4) is 22.8 Å². The van der Waals surface area contributed by atoms with Crippen LogP contribution in [-0.4, -0.2) is 37.3 Å². The van der Waals surface area contributed by atoms with Gasteiger partial charge in [-0.2, -0.15) is 5.10 Å². The van der Waals surface area contributed by atoms with Gasteiger partial charge in [-0.25, -0.2) is 34.0 Å². The summed E-state index contributed by atoms with van der Waals surface area (Å²) in [5, 5.41) is 5.80. The minimum Gasteiger partial charge on any atom is -0.450 e. The molecule has 8 nitrogen and oxygen atoms in total. The summed E-state index contributed by atoms with van der Waals surface area (Å²) in [5.74, 6) is -4.40. The lowest BCUT2D eigenvalue weighted by atomic mass is 10.1. The fraction of sp³-hybridized carbons (Fsp3) is 0.0800. The molecular formula is C25H18F3N3O5S2. The largest absolute Gasteiger partial charge is 0.450 e. The molecule has 0 saturated carbocycles. The van der Waals surface area contributed by atoms with Gasteiger partial charge in [0.15, 0.2) is 38.8 Å². The van der Waals surface area contributed by atoms with Crippen LogP contribution in [-0.2, 0) is 19.9 Å². The number of H-pyrrole nitrogens is 1. The lowest BCUT2D eigenvalue weighted by molar-refractivity contribution is 0.405. The van der Waals surface area contributed by atoms with Gasteiger partial charge >= 0.3 is 0 Å². The summed E-state index contributed by atoms with van der Waals surface area (Å²) in [6.45, 7) is 1.78. The van der Waals surface area contributed by atoms with E-state index in [0.29, 0.717) is 0 Å².